The van der Waals surface area contributed by atoms with Crippen molar-refractivity contribution < 1.29 is 19.1 Å². The van der Waals surface area contributed by atoms with E-state index < -0.39 is 0 Å². The monoisotopic (exact) mass is 431 g/mol. The molecule has 2 fully saturated rings. The van der Waals surface area contributed by atoms with Crippen LogP contribution in [-0.2, 0) is 25.6 Å². The molecule has 2 aromatic rings. The maximum atomic E-state index is 13.0. The molecule has 7 nitrogen and oxygen atoms in total. The van der Waals surface area contributed by atoms with E-state index in [1.807, 2.05) is 52.6 Å². The van der Waals surface area contributed by atoms with Gasteiger partial charge in [-0.3, -0.25) is 9.59 Å². The summed E-state index contributed by atoms with van der Waals surface area (Å²) in [7, 11) is 0. The third-order valence-electron chi connectivity index (χ3n) is 5.54. The SMILES string of the molecule is C[C@@H]1CN(C(=O)Cn2cc(SCC(=O)N3CCOCC3)c3ccccc32)C[C@H](C)O1. The number of rotatable bonds is 5. The Morgan fingerprint density at radius 3 is 2.47 bits per heavy atom. The van der Waals surface area contributed by atoms with Gasteiger partial charge in [0.1, 0.15) is 6.54 Å². The van der Waals surface area contributed by atoms with E-state index in [0.29, 0.717) is 45.1 Å². The molecule has 0 N–H and O–H groups in total. The Labute approximate surface area is 181 Å². The Balaban J connectivity index is 1.46. The van der Waals surface area contributed by atoms with Crippen molar-refractivity contribution in [3.63, 3.8) is 0 Å². The van der Waals surface area contributed by atoms with Crippen molar-refractivity contribution in [1.29, 1.82) is 0 Å². The molecule has 3 heterocycles. The quantitative estimate of drug-likeness (QED) is 0.680. The van der Waals surface area contributed by atoms with Crippen LogP contribution in [0.5, 0.6) is 0 Å². The second-order valence-corrected chi connectivity index (χ2v) is 8.99. The third-order valence-corrected chi connectivity index (χ3v) is 6.57. The van der Waals surface area contributed by atoms with Crippen LogP contribution in [-0.4, -0.2) is 83.5 Å². The summed E-state index contributed by atoms with van der Waals surface area (Å²) in [6, 6.07) is 8.06. The number of aromatic nitrogens is 1. The average molecular weight is 432 g/mol. The Morgan fingerprint density at radius 2 is 1.73 bits per heavy atom. The molecule has 0 saturated carbocycles. The van der Waals surface area contributed by atoms with Crippen LogP contribution in [0.25, 0.3) is 10.9 Å². The van der Waals surface area contributed by atoms with Gasteiger partial charge in [-0.25, -0.2) is 0 Å². The van der Waals surface area contributed by atoms with Gasteiger partial charge in [-0.15, -0.1) is 11.8 Å². The molecule has 2 aliphatic heterocycles. The van der Waals surface area contributed by atoms with Crippen LogP contribution in [0.1, 0.15) is 13.8 Å². The number of amides is 2. The van der Waals surface area contributed by atoms with Gasteiger partial charge in [0, 0.05) is 48.2 Å². The van der Waals surface area contributed by atoms with Crippen LogP contribution >= 0.6 is 11.8 Å². The second kappa shape index (κ2) is 9.41. The Morgan fingerprint density at radius 1 is 1.03 bits per heavy atom. The number of hydrogen-bond donors (Lipinski definition) is 0. The minimum Gasteiger partial charge on any atom is -0.378 e. The van der Waals surface area contributed by atoms with E-state index in [9.17, 15) is 9.59 Å². The number of para-hydroxylation sites is 1. The molecule has 8 heteroatoms. The molecule has 2 amide bonds. The lowest BCUT2D eigenvalue weighted by molar-refractivity contribution is -0.143. The van der Waals surface area contributed by atoms with Gasteiger partial charge in [0.15, 0.2) is 0 Å². The standard InChI is InChI=1S/C22H29N3O4S/c1-16-11-25(12-17(2)29-16)21(26)14-24-13-20(18-5-3-4-6-19(18)24)30-15-22(27)23-7-9-28-10-8-23/h3-6,13,16-17H,7-12,14-15H2,1-2H3/t16-,17+. The second-order valence-electron chi connectivity index (χ2n) is 7.98. The summed E-state index contributed by atoms with van der Waals surface area (Å²) in [4.78, 5) is 30.3. The van der Waals surface area contributed by atoms with Gasteiger partial charge in [0.05, 0.1) is 31.2 Å². The van der Waals surface area contributed by atoms with Crippen LogP contribution in [0.4, 0.5) is 0 Å². The molecule has 1 aromatic heterocycles. The summed E-state index contributed by atoms with van der Waals surface area (Å²) in [5.41, 5.74) is 1.02. The molecule has 2 atom stereocenters. The summed E-state index contributed by atoms with van der Waals surface area (Å²) in [6.45, 7) is 8.07. The molecule has 0 bridgehead atoms. The molecule has 2 saturated heterocycles. The summed E-state index contributed by atoms with van der Waals surface area (Å²) < 4.78 is 13.1. The zero-order chi connectivity index (χ0) is 21.1. The summed E-state index contributed by atoms with van der Waals surface area (Å²) >= 11 is 1.54. The van der Waals surface area contributed by atoms with E-state index in [4.69, 9.17) is 9.47 Å². The smallest absolute Gasteiger partial charge is 0.242 e. The molecule has 4 rings (SSSR count). The first-order chi connectivity index (χ1) is 14.5. The van der Waals surface area contributed by atoms with Crippen molar-refractivity contribution in [2.45, 2.75) is 37.5 Å². The molecule has 0 unspecified atom stereocenters. The van der Waals surface area contributed by atoms with Crippen molar-refractivity contribution in [3.05, 3.63) is 30.5 Å². The van der Waals surface area contributed by atoms with Crippen LogP contribution in [0.3, 0.4) is 0 Å². The first-order valence-corrected chi connectivity index (χ1v) is 11.5. The van der Waals surface area contributed by atoms with E-state index in [1.165, 1.54) is 11.8 Å². The van der Waals surface area contributed by atoms with Gasteiger partial charge < -0.3 is 23.8 Å². The largest absolute Gasteiger partial charge is 0.378 e. The minimum atomic E-state index is 0.0522. The fourth-order valence-corrected chi connectivity index (χ4v) is 5.12. The normalized spacial score (nSPS) is 22.5. The van der Waals surface area contributed by atoms with Crippen molar-refractivity contribution in [2.75, 3.05) is 45.1 Å². The predicted molar refractivity (Wildman–Crippen MR) is 117 cm³/mol. The lowest BCUT2D eigenvalue weighted by atomic mass is 10.2. The highest BCUT2D eigenvalue weighted by molar-refractivity contribution is 8.00. The van der Waals surface area contributed by atoms with Crippen LogP contribution in [0.2, 0.25) is 0 Å². The zero-order valence-electron chi connectivity index (χ0n) is 17.6. The first-order valence-electron chi connectivity index (χ1n) is 10.5. The van der Waals surface area contributed by atoms with E-state index in [2.05, 4.69) is 6.07 Å². The maximum absolute atomic E-state index is 13.0. The molecular weight excluding hydrogens is 402 g/mol. The van der Waals surface area contributed by atoms with Gasteiger partial charge >= 0.3 is 0 Å². The van der Waals surface area contributed by atoms with Gasteiger partial charge in [0.25, 0.3) is 0 Å². The van der Waals surface area contributed by atoms with Gasteiger partial charge in [-0.1, -0.05) is 18.2 Å². The fourth-order valence-electron chi connectivity index (χ4n) is 4.13. The van der Waals surface area contributed by atoms with E-state index in [0.717, 1.165) is 15.8 Å². The van der Waals surface area contributed by atoms with Crippen molar-refractivity contribution in [3.8, 4) is 0 Å². The zero-order valence-corrected chi connectivity index (χ0v) is 18.4. The molecule has 162 valence electrons. The number of ether oxygens (including phenoxy) is 2. The van der Waals surface area contributed by atoms with E-state index in [-0.39, 0.29) is 30.6 Å². The highest BCUT2D eigenvalue weighted by Gasteiger charge is 2.26. The summed E-state index contributed by atoms with van der Waals surface area (Å²) in [6.07, 6.45) is 2.11. The molecule has 0 spiro atoms. The number of fused-ring (bicyclic) bond motifs is 1. The number of morpholine rings is 2. The Kier molecular flexibility index (Phi) is 6.65. The van der Waals surface area contributed by atoms with Crippen molar-refractivity contribution in [1.82, 2.24) is 14.4 Å². The van der Waals surface area contributed by atoms with Crippen LogP contribution in [0, 0.1) is 0 Å². The van der Waals surface area contributed by atoms with Crippen LogP contribution in [0.15, 0.2) is 35.4 Å². The first kappa shape index (κ1) is 21.2. The number of thioether (sulfide) groups is 1. The van der Waals surface area contributed by atoms with Gasteiger partial charge in [-0.05, 0) is 19.9 Å². The topological polar surface area (TPSA) is 64.0 Å². The van der Waals surface area contributed by atoms with Gasteiger partial charge in [0.2, 0.25) is 11.8 Å². The lowest BCUT2D eigenvalue weighted by Crippen LogP contribution is -2.49. The van der Waals surface area contributed by atoms with Crippen molar-refractivity contribution in [2.24, 2.45) is 0 Å². The van der Waals surface area contributed by atoms with E-state index >= 15 is 0 Å². The molecular formula is C22H29N3O4S. The fraction of sp³-hybridized carbons (Fsp3) is 0.545. The molecule has 0 aliphatic carbocycles. The van der Waals surface area contributed by atoms with Crippen molar-refractivity contribution >= 4 is 34.5 Å². The third kappa shape index (κ3) is 4.82. The highest BCUT2D eigenvalue weighted by atomic mass is 32.2. The molecule has 30 heavy (non-hydrogen) atoms. The number of carbonyl (C=O) groups is 2. The van der Waals surface area contributed by atoms with E-state index in [1.54, 1.807) is 0 Å². The highest BCUT2D eigenvalue weighted by Crippen LogP contribution is 2.30. The lowest BCUT2D eigenvalue weighted by Gasteiger charge is -2.35. The van der Waals surface area contributed by atoms with Gasteiger partial charge in [-0.2, -0.15) is 0 Å². The van der Waals surface area contributed by atoms with Crippen LogP contribution < -0.4 is 0 Å². The Hall–Kier alpha value is -2.03. The number of nitrogens with zero attached hydrogens (tertiary/aromatic N) is 3. The number of hydrogen-bond acceptors (Lipinski definition) is 5. The summed E-state index contributed by atoms with van der Waals surface area (Å²) in [5, 5.41) is 1.08. The average Bonchev–Trinajstić information content (AvgIpc) is 3.09. The molecule has 2 aliphatic rings. The maximum Gasteiger partial charge on any atom is 0.242 e. The molecule has 1 aromatic carbocycles. The number of carbonyl (C=O) groups excluding carboxylic acids is 2. The minimum absolute atomic E-state index is 0.0522. The molecule has 0 radical (unpaired) electrons. The summed E-state index contributed by atoms with van der Waals surface area (Å²) in [5.74, 6) is 0.617. The predicted octanol–water partition coefficient (Wildman–Crippen LogP) is 2.23. The Bertz CT molecular complexity index is 899. The number of benzene rings is 1.